The summed E-state index contributed by atoms with van der Waals surface area (Å²) in [6, 6.07) is 17.3. The van der Waals surface area contributed by atoms with Crippen molar-refractivity contribution in [3.05, 3.63) is 71.8 Å². The summed E-state index contributed by atoms with van der Waals surface area (Å²) in [5.41, 5.74) is 1.64. The van der Waals surface area contributed by atoms with Gasteiger partial charge in [-0.05, 0) is 11.1 Å². The number of Topliss-reactive ketones (excluding diaryl/α,β-unsaturated/α-hetero) is 1. The lowest BCUT2D eigenvalue weighted by Crippen LogP contribution is -2.49. The smallest absolute Gasteiger partial charge is 0.408 e. The number of carbonyl (C=O) groups excluding carboxylic acids is 3. The van der Waals surface area contributed by atoms with Gasteiger partial charge in [-0.2, -0.15) is 0 Å². The maximum Gasteiger partial charge on any atom is 0.408 e. The van der Waals surface area contributed by atoms with Crippen molar-refractivity contribution >= 4 is 47.0 Å². The third-order valence-electron chi connectivity index (χ3n) is 3.82. The number of carbonyl (C=O) groups is 4. The van der Waals surface area contributed by atoms with Crippen LogP contribution in [0.3, 0.4) is 0 Å². The lowest BCUT2D eigenvalue weighted by Gasteiger charge is -2.18. The van der Waals surface area contributed by atoms with E-state index in [4.69, 9.17) is 33.0 Å². The molecular weight excluding hydrogens is 459 g/mol. The van der Waals surface area contributed by atoms with Gasteiger partial charge in [-0.25, -0.2) is 4.79 Å². The van der Waals surface area contributed by atoms with Crippen molar-refractivity contribution in [3.8, 4) is 0 Å². The average molecular weight is 483 g/mol. The Hall–Kier alpha value is -3.10. The molecule has 2 aromatic carbocycles. The van der Waals surface area contributed by atoms with Gasteiger partial charge in [-0.1, -0.05) is 60.7 Å². The molecule has 10 heteroatoms. The van der Waals surface area contributed by atoms with E-state index in [-0.39, 0.29) is 30.6 Å². The topological polar surface area (TPSA) is 122 Å². The van der Waals surface area contributed by atoms with Gasteiger partial charge in [0.25, 0.3) is 0 Å². The largest absolute Gasteiger partial charge is 0.480 e. The van der Waals surface area contributed by atoms with E-state index in [0.717, 1.165) is 11.1 Å². The Kier molecular flexibility index (Phi) is 13.2. The molecule has 0 saturated heterocycles. The van der Waals surface area contributed by atoms with Crippen LogP contribution in [0.15, 0.2) is 60.7 Å². The maximum absolute atomic E-state index is 12.2. The third-order valence-corrected chi connectivity index (χ3v) is 4.41. The SMILES string of the molecule is O=C(CCl)CCl.O=C(O)CNC(=O)[C@H](Cc1ccccc1)NC(=O)OCc1ccccc1. The number of amides is 2. The standard InChI is InChI=1S/C19H20N2O5.C3H4Cl2O/c22-17(23)12-20-18(24)16(11-14-7-3-1-4-8-14)21-19(25)26-13-15-9-5-2-6-10-15;4-1-3(6)2-5/h1-10,16H,11-13H2,(H,20,24)(H,21,25)(H,22,23);1-2H2/t16-;/m0./s1. The van der Waals surface area contributed by atoms with Crippen molar-refractivity contribution in [2.24, 2.45) is 0 Å². The second kappa shape index (κ2) is 15.7. The summed E-state index contributed by atoms with van der Waals surface area (Å²) < 4.78 is 5.13. The summed E-state index contributed by atoms with van der Waals surface area (Å²) in [6.45, 7) is -0.452. The van der Waals surface area contributed by atoms with Crippen LogP contribution < -0.4 is 10.6 Å². The first kappa shape index (κ1) is 26.9. The minimum Gasteiger partial charge on any atom is -0.480 e. The molecule has 0 bridgehead atoms. The third kappa shape index (κ3) is 11.9. The minimum absolute atomic E-state index is 0.0312. The number of carboxylic acids is 1. The van der Waals surface area contributed by atoms with E-state index in [1.54, 1.807) is 0 Å². The normalized spacial score (nSPS) is 10.7. The van der Waals surface area contributed by atoms with E-state index in [2.05, 4.69) is 10.6 Å². The first-order valence-electron chi connectivity index (χ1n) is 9.50. The Morgan fingerprint density at radius 1 is 0.875 bits per heavy atom. The number of carboxylic acid groups (broad SMARTS) is 1. The Labute approximate surface area is 195 Å². The fraction of sp³-hybridized carbons (Fsp3) is 0.273. The predicted octanol–water partition coefficient (Wildman–Crippen LogP) is 2.76. The van der Waals surface area contributed by atoms with Gasteiger partial charge in [0.05, 0.1) is 11.8 Å². The number of nitrogens with one attached hydrogen (secondary N) is 2. The quantitative estimate of drug-likeness (QED) is 0.447. The number of ether oxygens (including phenoxy) is 1. The van der Waals surface area contributed by atoms with Crippen LogP contribution in [0.25, 0.3) is 0 Å². The molecule has 2 rings (SSSR count). The van der Waals surface area contributed by atoms with Crippen LogP contribution in [0, 0.1) is 0 Å². The van der Waals surface area contributed by atoms with Gasteiger partial charge in [0.2, 0.25) is 5.91 Å². The molecule has 0 fully saturated rings. The van der Waals surface area contributed by atoms with Crippen LogP contribution in [-0.4, -0.2) is 53.2 Å². The van der Waals surface area contributed by atoms with E-state index in [1.165, 1.54) is 0 Å². The van der Waals surface area contributed by atoms with Crippen molar-refractivity contribution in [2.45, 2.75) is 19.1 Å². The lowest BCUT2D eigenvalue weighted by molar-refractivity contribution is -0.138. The zero-order chi connectivity index (χ0) is 23.8. The highest BCUT2D eigenvalue weighted by atomic mass is 35.5. The molecule has 0 aliphatic heterocycles. The highest BCUT2D eigenvalue weighted by Gasteiger charge is 2.22. The fourth-order valence-corrected chi connectivity index (χ4v) is 2.57. The second-order valence-corrected chi connectivity index (χ2v) is 6.90. The lowest BCUT2D eigenvalue weighted by atomic mass is 10.1. The van der Waals surface area contributed by atoms with Gasteiger partial charge in [0.15, 0.2) is 5.78 Å². The van der Waals surface area contributed by atoms with Gasteiger partial charge in [-0.15, -0.1) is 23.2 Å². The fourth-order valence-electron chi connectivity index (χ4n) is 2.29. The summed E-state index contributed by atoms with van der Waals surface area (Å²) in [7, 11) is 0. The van der Waals surface area contributed by atoms with Crippen LogP contribution >= 0.6 is 23.2 Å². The molecule has 8 nitrogen and oxygen atoms in total. The number of alkyl carbamates (subject to hydrolysis) is 1. The van der Waals surface area contributed by atoms with Crippen LogP contribution in [-0.2, 0) is 32.1 Å². The molecule has 2 aromatic rings. The van der Waals surface area contributed by atoms with Crippen molar-refractivity contribution in [2.75, 3.05) is 18.3 Å². The maximum atomic E-state index is 12.2. The van der Waals surface area contributed by atoms with E-state index < -0.39 is 30.6 Å². The van der Waals surface area contributed by atoms with Crippen LogP contribution in [0.4, 0.5) is 4.79 Å². The van der Waals surface area contributed by atoms with E-state index in [9.17, 15) is 19.2 Å². The summed E-state index contributed by atoms with van der Waals surface area (Å²) >= 11 is 10.0. The molecule has 0 aromatic heterocycles. The van der Waals surface area contributed by atoms with Gasteiger partial charge >= 0.3 is 12.1 Å². The molecule has 2 amide bonds. The Morgan fingerprint density at radius 3 is 1.88 bits per heavy atom. The number of ketones is 1. The van der Waals surface area contributed by atoms with Crippen LogP contribution in [0.5, 0.6) is 0 Å². The average Bonchev–Trinajstić information content (AvgIpc) is 2.82. The van der Waals surface area contributed by atoms with Crippen molar-refractivity contribution in [1.29, 1.82) is 0 Å². The van der Waals surface area contributed by atoms with Crippen molar-refractivity contribution in [3.63, 3.8) is 0 Å². The molecular formula is C22H24Cl2N2O6. The van der Waals surface area contributed by atoms with Gasteiger partial charge in [0.1, 0.15) is 19.2 Å². The number of benzene rings is 2. The highest BCUT2D eigenvalue weighted by molar-refractivity contribution is 6.35. The number of hydrogen-bond donors (Lipinski definition) is 3. The van der Waals surface area contributed by atoms with E-state index in [0.29, 0.717) is 0 Å². The minimum atomic E-state index is -1.16. The first-order chi connectivity index (χ1) is 15.3. The Balaban J connectivity index is 0.000000751. The summed E-state index contributed by atoms with van der Waals surface area (Å²) in [6.07, 6.45) is -0.535. The van der Waals surface area contributed by atoms with Crippen LogP contribution in [0.1, 0.15) is 11.1 Å². The molecule has 0 saturated carbocycles. The van der Waals surface area contributed by atoms with E-state index >= 15 is 0 Å². The molecule has 0 spiro atoms. The Bertz CT molecular complexity index is 859. The number of alkyl halides is 2. The highest BCUT2D eigenvalue weighted by Crippen LogP contribution is 2.05. The molecule has 3 N–H and O–H groups in total. The van der Waals surface area contributed by atoms with Crippen LogP contribution in [0.2, 0.25) is 0 Å². The number of rotatable bonds is 10. The first-order valence-corrected chi connectivity index (χ1v) is 10.6. The van der Waals surface area contributed by atoms with Gasteiger partial charge in [-0.3, -0.25) is 14.4 Å². The molecule has 0 radical (unpaired) electrons. The summed E-state index contributed by atoms with van der Waals surface area (Å²) in [5.74, 6) is -1.82. The number of aliphatic carboxylic acids is 1. The molecule has 32 heavy (non-hydrogen) atoms. The molecule has 0 aliphatic rings. The number of halogens is 2. The zero-order valence-electron chi connectivity index (χ0n) is 17.1. The second-order valence-electron chi connectivity index (χ2n) is 6.37. The monoisotopic (exact) mass is 482 g/mol. The summed E-state index contributed by atoms with van der Waals surface area (Å²) in [4.78, 5) is 44.8. The predicted molar refractivity (Wildman–Crippen MR) is 121 cm³/mol. The van der Waals surface area contributed by atoms with Crippen molar-refractivity contribution in [1.82, 2.24) is 10.6 Å². The summed E-state index contributed by atoms with van der Waals surface area (Å²) in [5, 5.41) is 13.5. The molecule has 172 valence electrons. The Morgan fingerprint density at radius 2 is 1.41 bits per heavy atom. The van der Waals surface area contributed by atoms with Gasteiger partial charge in [0, 0.05) is 6.42 Å². The number of hydrogen-bond acceptors (Lipinski definition) is 5. The van der Waals surface area contributed by atoms with E-state index in [1.807, 2.05) is 60.7 Å². The molecule has 0 unspecified atom stereocenters. The van der Waals surface area contributed by atoms with Gasteiger partial charge < -0.3 is 20.5 Å². The molecule has 1 atom stereocenters. The zero-order valence-corrected chi connectivity index (χ0v) is 18.6. The van der Waals surface area contributed by atoms with Crippen molar-refractivity contribution < 1.29 is 29.0 Å². The molecule has 0 aliphatic carbocycles. The molecule has 0 heterocycles.